The molecule has 4 N–H and O–H groups in total. The second-order valence-corrected chi connectivity index (χ2v) is 4.86. The van der Waals surface area contributed by atoms with Gasteiger partial charge >= 0.3 is 0 Å². The van der Waals surface area contributed by atoms with Crippen molar-refractivity contribution in [1.82, 2.24) is 15.8 Å². The predicted molar refractivity (Wildman–Crippen MR) is 62.4 cm³/mol. The van der Waals surface area contributed by atoms with E-state index in [1.165, 1.54) is 6.42 Å². The molecule has 1 aromatic rings. The topological polar surface area (TPSA) is 63.0 Å². The van der Waals surface area contributed by atoms with Crippen molar-refractivity contribution in [2.24, 2.45) is 11.7 Å². The molecule has 1 aliphatic carbocycles. The summed E-state index contributed by atoms with van der Waals surface area (Å²) in [5, 5.41) is 0. The maximum absolute atomic E-state index is 6.06. The number of hydrazine groups is 1. The second-order valence-electron chi connectivity index (χ2n) is 4.86. The number of nitrogens with two attached hydrogens (primary N) is 1. The first-order valence-corrected chi connectivity index (χ1v) is 6.02. The third-order valence-corrected chi connectivity index (χ3v) is 3.80. The summed E-state index contributed by atoms with van der Waals surface area (Å²) in [5.74, 6) is 0.582. The van der Waals surface area contributed by atoms with Gasteiger partial charge in [0.05, 0.1) is 11.7 Å². The Hall–Kier alpha value is -0.970. The van der Waals surface area contributed by atoms with Crippen LogP contribution < -0.4 is 16.6 Å². The van der Waals surface area contributed by atoms with E-state index in [4.69, 9.17) is 5.73 Å². The molecule has 2 heterocycles. The van der Waals surface area contributed by atoms with Crippen molar-refractivity contribution in [3.8, 4) is 0 Å². The third kappa shape index (κ3) is 1.73. The minimum atomic E-state index is 0.317. The van der Waals surface area contributed by atoms with E-state index in [9.17, 15) is 0 Å². The number of fused-ring (bicyclic) bond motifs is 1. The van der Waals surface area contributed by atoms with Crippen LogP contribution >= 0.6 is 0 Å². The molecule has 2 aliphatic rings. The normalized spacial score (nSPS) is 38.3. The van der Waals surface area contributed by atoms with Crippen molar-refractivity contribution in [2.75, 3.05) is 0 Å². The summed E-state index contributed by atoms with van der Waals surface area (Å²) >= 11 is 0. The van der Waals surface area contributed by atoms with Gasteiger partial charge < -0.3 is 5.73 Å². The van der Waals surface area contributed by atoms with Crippen LogP contribution in [0, 0.1) is 5.92 Å². The Morgan fingerprint density at radius 1 is 1.25 bits per heavy atom. The Bertz CT molecular complexity index is 353. The Morgan fingerprint density at radius 3 is 3.00 bits per heavy atom. The molecule has 1 aliphatic heterocycles. The Labute approximate surface area is 95.6 Å². The van der Waals surface area contributed by atoms with Crippen LogP contribution in [0.1, 0.15) is 31.0 Å². The zero-order chi connectivity index (χ0) is 11.0. The summed E-state index contributed by atoms with van der Waals surface area (Å²) in [6, 6.07) is 7.32. The highest BCUT2D eigenvalue weighted by Crippen LogP contribution is 2.36. The molecule has 16 heavy (non-hydrogen) atoms. The van der Waals surface area contributed by atoms with E-state index in [1.807, 2.05) is 18.3 Å². The minimum Gasteiger partial charge on any atom is -0.328 e. The van der Waals surface area contributed by atoms with E-state index in [0.29, 0.717) is 24.0 Å². The van der Waals surface area contributed by atoms with Gasteiger partial charge in [0, 0.05) is 18.3 Å². The Morgan fingerprint density at radius 2 is 2.19 bits per heavy atom. The van der Waals surface area contributed by atoms with Gasteiger partial charge in [-0.25, -0.2) is 5.43 Å². The SMILES string of the molecule is NC1CCC2NNC(c3ccccn3)C2C1. The smallest absolute Gasteiger partial charge is 0.0678 e. The maximum Gasteiger partial charge on any atom is 0.0678 e. The molecule has 86 valence electrons. The lowest BCUT2D eigenvalue weighted by atomic mass is 9.78. The molecule has 1 saturated carbocycles. The number of hydrogen-bond acceptors (Lipinski definition) is 4. The Balaban J connectivity index is 1.82. The molecular weight excluding hydrogens is 200 g/mol. The summed E-state index contributed by atoms with van der Waals surface area (Å²) in [5.41, 5.74) is 13.9. The van der Waals surface area contributed by atoms with Crippen LogP contribution in [0.5, 0.6) is 0 Å². The largest absolute Gasteiger partial charge is 0.328 e. The minimum absolute atomic E-state index is 0.317. The number of aromatic nitrogens is 1. The first-order chi connectivity index (χ1) is 7.84. The van der Waals surface area contributed by atoms with Gasteiger partial charge in [0.15, 0.2) is 0 Å². The number of nitrogens with one attached hydrogen (secondary N) is 2. The summed E-state index contributed by atoms with van der Waals surface area (Å²) in [7, 11) is 0. The molecule has 3 rings (SSSR count). The van der Waals surface area contributed by atoms with E-state index < -0.39 is 0 Å². The molecule has 0 aromatic carbocycles. The van der Waals surface area contributed by atoms with Gasteiger partial charge in [0.2, 0.25) is 0 Å². The van der Waals surface area contributed by atoms with Gasteiger partial charge in [0.25, 0.3) is 0 Å². The molecule has 2 fully saturated rings. The quantitative estimate of drug-likeness (QED) is 0.650. The summed E-state index contributed by atoms with van der Waals surface area (Å²) in [6.07, 6.45) is 5.24. The molecule has 0 amide bonds. The molecule has 1 aromatic heterocycles. The van der Waals surface area contributed by atoms with Crippen molar-refractivity contribution < 1.29 is 0 Å². The zero-order valence-electron chi connectivity index (χ0n) is 9.26. The molecule has 4 atom stereocenters. The summed E-state index contributed by atoms with van der Waals surface area (Å²) in [6.45, 7) is 0. The van der Waals surface area contributed by atoms with Crippen molar-refractivity contribution >= 4 is 0 Å². The van der Waals surface area contributed by atoms with Crippen molar-refractivity contribution in [3.63, 3.8) is 0 Å². The number of rotatable bonds is 1. The van der Waals surface area contributed by atoms with E-state index >= 15 is 0 Å². The zero-order valence-corrected chi connectivity index (χ0v) is 9.26. The maximum atomic E-state index is 6.06. The lowest BCUT2D eigenvalue weighted by Gasteiger charge is -2.30. The van der Waals surface area contributed by atoms with Crippen molar-refractivity contribution in [1.29, 1.82) is 0 Å². The molecular formula is C12H18N4. The average Bonchev–Trinajstić information content (AvgIpc) is 2.73. The standard InChI is InChI=1S/C12H18N4/c13-8-4-5-10-9(7-8)12(16-15-10)11-3-1-2-6-14-11/h1-3,6,8-10,12,15-16H,4-5,7,13H2. The van der Waals surface area contributed by atoms with Crippen LogP contribution in [0.15, 0.2) is 24.4 Å². The van der Waals surface area contributed by atoms with Gasteiger partial charge in [-0.1, -0.05) is 6.07 Å². The van der Waals surface area contributed by atoms with E-state index in [1.54, 1.807) is 0 Å². The molecule has 0 radical (unpaired) electrons. The molecule has 4 unspecified atom stereocenters. The monoisotopic (exact) mass is 218 g/mol. The molecule has 4 nitrogen and oxygen atoms in total. The summed E-state index contributed by atoms with van der Waals surface area (Å²) < 4.78 is 0. The van der Waals surface area contributed by atoms with Crippen molar-refractivity contribution in [3.05, 3.63) is 30.1 Å². The molecule has 0 spiro atoms. The predicted octanol–water partition coefficient (Wildman–Crippen LogP) is 0.726. The fourth-order valence-electron chi connectivity index (χ4n) is 2.94. The van der Waals surface area contributed by atoms with Gasteiger partial charge in [-0.2, -0.15) is 0 Å². The fraction of sp³-hybridized carbons (Fsp3) is 0.583. The van der Waals surface area contributed by atoms with Crippen LogP contribution in [-0.2, 0) is 0 Å². The van der Waals surface area contributed by atoms with Crippen LogP contribution in [0.25, 0.3) is 0 Å². The van der Waals surface area contributed by atoms with Gasteiger partial charge in [-0.05, 0) is 37.3 Å². The first-order valence-electron chi connectivity index (χ1n) is 6.02. The van der Waals surface area contributed by atoms with Crippen LogP contribution in [0.4, 0.5) is 0 Å². The third-order valence-electron chi connectivity index (χ3n) is 3.80. The number of nitrogens with zero attached hydrogens (tertiary/aromatic N) is 1. The van der Waals surface area contributed by atoms with Crippen LogP contribution in [0.2, 0.25) is 0 Å². The first kappa shape index (κ1) is 10.2. The van der Waals surface area contributed by atoms with Gasteiger partial charge in [0.1, 0.15) is 0 Å². The molecule has 0 bridgehead atoms. The second kappa shape index (κ2) is 4.13. The number of hydrogen-bond donors (Lipinski definition) is 3. The van der Waals surface area contributed by atoms with E-state index in [2.05, 4.69) is 21.9 Å². The highest BCUT2D eigenvalue weighted by molar-refractivity contribution is 5.13. The van der Waals surface area contributed by atoms with E-state index in [0.717, 1.165) is 18.5 Å². The Kier molecular flexibility index (Phi) is 2.63. The van der Waals surface area contributed by atoms with Crippen LogP contribution in [0.3, 0.4) is 0 Å². The summed E-state index contributed by atoms with van der Waals surface area (Å²) in [4.78, 5) is 4.43. The van der Waals surface area contributed by atoms with Gasteiger partial charge in [-0.3, -0.25) is 10.4 Å². The molecule has 4 heteroatoms. The lowest BCUT2D eigenvalue weighted by molar-refractivity contribution is 0.277. The lowest BCUT2D eigenvalue weighted by Crippen LogP contribution is -2.39. The highest BCUT2D eigenvalue weighted by atomic mass is 15.4. The van der Waals surface area contributed by atoms with Gasteiger partial charge in [-0.15, -0.1) is 0 Å². The van der Waals surface area contributed by atoms with E-state index in [-0.39, 0.29) is 0 Å². The fourth-order valence-corrected chi connectivity index (χ4v) is 2.94. The highest BCUT2D eigenvalue weighted by Gasteiger charge is 2.40. The van der Waals surface area contributed by atoms with Crippen LogP contribution in [-0.4, -0.2) is 17.1 Å². The molecule has 1 saturated heterocycles. The van der Waals surface area contributed by atoms with Crippen molar-refractivity contribution in [2.45, 2.75) is 37.4 Å². The number of pyridine rings is 1. The average molecular weight is 218 g/mol.